The van der Waals surface area contributed by atoms with E-state index in [4.69, 9.17) is 0 Å². The van der Waals surface area contributed by atoms with Crippen molar-refractivity contribution in [2.24, 2.45) is 17.8 Å². The average Bonchev–Trinajstić information content (AvgIpc) is 2.59. The van der Waals surface area contributed by atoms with E-state index < -0.39 is 0 Å². The molecule has 0 spiro atoms. The molecule has 4 atom stereocenters. The van der Waals surface area contributed by atoms with Gasteiger partial charge in [-0.25, -0.2) is 0 Å². The summed E-state index contributed by atoms with van der Waals surface area (Å²) in [7, 11) is 0. The third-order valence-electron chi connectivity index (χ3n) is 6.46. The molecule has 0 bridgehead atoms. The lowest BCUT2D eigenvalue weighted by molar-refractivity contribution is 0.113. The Kier molecular flexibility index (Phi) is 5.98. The molecule has 1 aromatic carbocycles. The predicted molar refractivity (Wildman–Crippen MR) is 96.1 cm³/mol. The Balaban J connectivity index is 1.46. The number of unbranched alkanes of at least 4 members (excludes halogenated alkanes) is 3. The molecule has 0 aliphatic heterocycles. The molecular weight excluding hydrogens is 264 g/mol. The first-order valence-corrected chi connectivity index (χ1v) is 9.91. The third kappa shape index (κ3) is 4.15. The second-order valence-electron chi connectivity index (χ2n) is 7.97. The van der Waals surface area contributed by atoms with Crippen LogP contribution >= 0.6 is 0 Å². The molecule has 2 aliphatic carbocycles. The van der Waals surface area contributed by atoms with Crippen LogP contribution in [0.1, 0.15) is 89.0 Å². The SMILES string of the molecule is CCCCCCC1CC[C@@H]2C[C@H](c3ccccc3)CC[C@@H]2C1. The highest BCUT2D eigenvalue weighted by Gasteiger charge is 2.35. The van der Waals surface area contributed by atoms with Gasteiger partial charge >= 0.3 is 0 Å². The van der Waals surface area contributed by atoms with Crippen LogP contribution in [-0.4, -0.2) is 0 Å². The number of fused-ring (bicyclic) bond motifs is 1. The molecule has 0 heterocycles. The molecule has 1 aromatic rings. The van der Waals surface area contributed by atoms with Gasteiger partial charge in [0.1, 0.15) is 0 Å². The third-order valence-corrected chi connectivity index (χ3v) is 6.46. The van der Waals surface area contributed by atoms with Gasteiger partial charge in [0.15, 0.2) is 0 Å². The minimum atomic E-state index is 0.851. The number of hydrogen-bond acceptors (Lipinski definition) is 0. The van der Waals surface area contributed by atoms with Gasteiger partial charge in [0.05, 0.1) is 0 Å². The molecule has 0 saturated heterocycles. The van der Waals surface area contributed by atoms with Gasteiger partial charge in [-0.15, -0.1) is 0 Å². The van der Waals surface area contributed by atoms with Crippen molar-refractivity contribution in [3.63, 3.8) is 0 Å². The van der Waals surface area contributed by atoms with Crippen molar-refractivity contribution >= 4 is 0 Å². The van der Waals surface area contributed by atoms with Crippen LogP contribution in [0, 0.1) is 17.8 Å². The molecular formula is C22H34. The smallest absolute Gasteiger partial charge is 0.0159 e. The summed E-state index contributed by atoms with van der Waals surface area (Å²) < 4.78 is 0. The van der Waals surface area contributed by atoms with Gasteiger partial charge in [-0.2, -0.15) is 0 Å². The fourth-order valence-electron chi connectivity index (χ4n) is 5.14. The summed E-state index contributed by atoms with van der Waals surface area (Å²) in [6, 6.07) is 11.3. The lowest BCUT2D eigenvalue weighted by Gasteiger charge is -2.42. The molecule has 2 saturated carbocycles. The van der Waals surface area contributed by atoms with E-state index >= 15 is 0 Å². The summed E-state index contributed by atoms with van der Waals surface area (Å²) in [6.07, 6.45) is 16.3. The molecule has 0 aromatic heterocycles. The molecule has 3 rings (SSSR count). The van der Waals surface area contributed by atoms with E-state index in [9.17, 15) is 0 Å². The summed E-state index contributed by atoms with van der Waals surface area (Å²) in [5, 5.41) is 0. The van der Waals surface area contributed by atoms with Crippen molar-refractivity contribution < 1.29 is 0 Å². The highest BCUT2D eigenvalue weighted by molar-refractivity contribution is 5.20. The molecule has 2 fully saturated rings. The maximum Gasteiger partial charge on any atom is -0.0159 e. The zero-order chi connectivity index (χ0) is 15.2. The van der Waals surface area contributed by atoms with E-state index in [-0.39, 0.29) is 0 Å². The quantitative estimate of drug-likeness (QED) is 0.498. The Hall–Kier alpha value is -0.780. The van der Waals surface area contributed by atoms with E-state index in [0.29, 0.717) is 0 Å². The van der Waals surface area contributed by atoms with Crippen molar-refractivity contribution in [2.45, 2.75) is 83.5 Å². The summed E-state index contributed by atoms with van der Waals surface area (Å²) in [4.78, 5) is 0. The second kappa shape index (κ2) is 8.18. The molecule has 2 aliphatic rings. The van der Waals surface area contributed by atoms with Crippen molar-refractivity contribution in [1.82, 2.24) is 0 Å². The molecule has 122 valence electrons. The minimum Gasteiger partial charge on any atom is -0.0654 e. The van der Waals surface area contributed by atoms with Crippen LogP contribution in [0.2, 0.25) is 0 Å². The fourth-order valence-corrected chi connectivity index (χ4v) is 5.14. The Bertz CT molecular complexity index is 421. The van der Waals surface area contributed by atoms with E-state index in [0.717, 1.165) is 23.7 Å². The Morgan fingerprint density at radius 2 is 1.59 bits per heavy atom. The van der Waals surface area contributed by atoms with Crippen LogP contribution in [0.4, 0.5) is 0 Å². The van der Waals surface area contributed by atoms with Crippen molar-refractivity contribution in [1.29, 1.82) is 0 Å². The highest BCUT2D eigenvalue weighted by atomic mass is 14.4. The van der Waals surface area contributed by atoms with Crippen molar-refractivity contribution in [3.05, 3.63) is 35.9 Å². The lowest BCUT2D eigenvalue weighted by atomic mass is 9.63. The standard InChI is InChI=1S/C22H34/c1-2-3-4-6-9-18-12-13-22-17-21(15-14-20(22)16-18)19-10-7-5-8-11-19/h5,7-8,10-11,18,20-22H,2-4,6,9,12-17H2,1H3/t18?,20-,21-,22-/m1/s1. The van der Waals surface area contributed by atoms with Crippen LogP contribution in [0.3, 0.4) is 0 Å². The molecule has 0 N–H and O–H groups in total. The summed E-state index contributed by atoms with van der Waals surface area (Å²) in [5.41, 5.74) is 1.60. The largest absolute Gasteiger partial charge is 0.0654 e. The first kappa shape index (κ1) is 16.1. The summed E-state index contributed by atoms with van der Waals surface area (Å²) in [6.45, 7) is 2.32. The maximum atomic E-state index is 2.35. The van der Waals surface area contributed by atoms with Gasteiger partial charge in [-0.3, -0.25) is 0 Å². The van der Waals surface area contributed by atoms with Gasteiger partial charge < -0.3 is 0 Å². The topological polar surface area (TPSA) is 0 Å². The van der Waals surface area contributed by atoms with E-state index in [1.165, 1.54) is 64.2 Å². The van der Waals surface area contributed by atoms with Gasteiger partial charge in [0.2, 0.25) is 0 Å². The lowest BCUT2D eigenvalue weighted by Crippen LogP contribution is -2.30. The average molecular weight is 299 g/mol. The van der Waals surface area contributed by atoms with Crippen LogP contribution < -0.4 is 0 Å². The molecule has 0 radical (unpaired) electrons. The van der Waals surface area contributed by atoms with Crippen LogP contribution in [0.25, 0.3) is 0 Å². The van der Waals surface area contributed by atoms with Gasteiger partial charge in [-0.1, -0.05) is 75.8 Å². The first-order valence-electron chi connectivity index (χ1n) is 9.91. The van der Waals surface area contributed by atoms with Gasteiger partial charge in [-0.05, 0) is 61.3 Å². The second-order valence-corrected chi connectivity index (χ2v) is 7.97. The van der Waals surface area contributed by atoms with Crippen molar-refractivity contribution in [2.75, 3.05) is 0 Å². The summed E-state index contributed by atoms with van der Waals surface area (Å²) in [5.74, 6) is 4.01. The zero-order valence-corrected chi connectivity index (χ0v) is 14.5. The predicted octanol–water partition coefficient (Wildman–Crippen LogP) is 6.96. The fraction of sp³-hybridized carbons (Fsp3) is 0.727. The first-order chi connectivity index (χ1) is 10.9. The molecule has 0 nitrogen and oxygen atoms in total. The number of benzene rings is 1. The molecule has 1 unspecified atom stereocenters. The Morgan fingerprint density at radius 3 is 2.41 bits per heavy atom. The number of hydrogen-bond donors (Lipinski definition) is 0. The van der Waals surface area contributed by atoms with Crippen molar-refractivity contribution in [3.8, 4) is 0 Å². The zero-order valence-electron chi connectivity index (χ0n) is 14.5. The maximum absolute atomic E-state index is 2.35. The molecule has 22 heavy (non-hydrogen) atoms. The van der Waals surface area contributed by atoms with E-state index in [1.807, 2.05) is 0 Å². The normalized spacial score (nSPS) is 31.7. The van der Waals surface area contributed by atoms with Crippen LogP contribution in [0.5, 0.6) is 0 Å². The Morgan fingerprint density at radius 1 is 0.818 bits per heavy atom. The van der Waals surface area contributed by atoms with E-state index in [1.54, 1.807) is 12.0 Å². The summed E-state index contributed by atoms with van der Waals surface area (Å²) >= 11 is 0. The van der Waals surface area contributed by atoms with Crippen LogP contribution in [-0.2, 0) is 0 Å². The highest BCUT2D eigenvalue weighted by Crippen LogP contribution is 2.48. The van der Waals surface area contributed by atoms with Gasteiger partial charge in [0.25, 0.3) is 0 Å². The molecule has 0 heteroatoms. The van der Waals surface area contributed by atoms with Crippen LogP contribution in [0.15, 0.2) is 30.3 Å². The molecule has 0 amide bonds. The minimum absolute atomic E-state index is 0.851. The van der Waals surface area contributed by atoms with E-state index in [2.05, 4.69) is 37.3 Å². The monoisotopic (exact) mass is 298 g/mol. The van der Waals surface area contributed by atoms with Gasteiger partial charge in [0, 0.05) is 0 Å². The number of rotatable bonds is 6. The Labute approximate surface area is 137 Å².